The van der Waals surface area contributed by atoms with E-state index < -0.39 is 12.6 Å². The monoisotopic (exact) mass is 235 g/mol. The maximum absolute atomic E-state index is 11.3. The summed E-state index contributed by atoms with van der Waals surface area (Å²) in [7, 11) is 0. The van der Waals surface area contributed by atoms with E-state index in [0.717, 1.165) is 0 Å². The molecule has 0 heterocycles. The first-order valence-electron chi connectivity index (χ1n) is 4.97. The number of nitrogens with one attached hydrogen (secondary N) is 1. The van der Waals surface area contributed by atoms with Crippen molar-refractivity contribution in [3.05, 3.63) is 36.9 Å². The lowest BCUT2D eigenvalue weighted by Crippen LogP contribution is -2.11. The second kappa shape index (κ2) is 6.32. The van der Waals surface area contributed by atoms with Gasteiger partial charge < -0.3 is 15.2 Å². The summed E-state index contributed by atoms with van der Waals surface area (Å²) in [5.41, 5.74) is 0.555. The largest absolute Gasteiger partial charge is 0.482 e. The van der Waals surface area contributed by atoms with E-state index in [9.17, 15) is 9.59 Å². The molecule has 17 heavy (non-hydrogen) atoms. The predicted molar refractivity (Wildman–Crippen MR) is 63.0 cm³/mol. The molecule has 0 saturated heterocycles. The first kappa shape index (κ1) is 12.8. The van der Waals surface area contributed by atoms with Crippen LogP contribution in [0.1, 0.15) is 6.42 Å². The van der Waals surface area contributed by atoms with Gasteiger partial charge in [0.2, 0.25) is 5.91 Å². The van der Waals surface area contributed by atoms with Gasteiger partial charge in [0.15, 0.2) is 6.61 Å². The summed E-state index contributed by atoms with van der Waals surface area (Å²) in [6.45, 7) is 3.05. The molecule has 1 aromatic rings. The Bertz CT molecular complexity index is 428. The number of hydrogen-bond acceptors (Lipinski definition) is 3. The third kappa shape index (κ3) is 4.83. The first-order chi connectivity index (χ1) is 8.11. The zero-order valence-electron chi connectivity index (χ0n) is 9.18. The number of benzene rings is 1. The van der Waals surface area contributed by atoms with Crippen LogP contribution in [-0.4, -0.2) is 23.6 Å². The van der Waals surface area contributed by atoms with E-state index in [-0.39, 0.29) is 12.3 Å². The Morgan fingerprint density at radius 2 is 2.24 bits per heavy atom. The fourth-order valence-corrected chi connectivity index (χ4v) is 1.15. The lowest BCUT2D eigenvalue weighted by Gasteiger charge is -2.07. The number of carboxylic acid groups (broad SMARTS) is 1. The zero-order valence-corrected chi connectivity index (χ0v) is 9.18. The fourth-order valence-electron chi connectivity index (χ4n) is 1.15. The molecule has 0 bridgehead atoms. The number of carbonyl (C=O) groups excluding carboxylic acids is 1. The predicted octanol–water partition coefficient (Wildman–Crippen LogP) is 1.66. The van der Waals surface area contributed by atoms with Crippen molar-refractivity contribution in [2.45, 2.75) is 6.42 Å². The summed E-state index contributed by atoms with van der Waals surface area (Å²) < 4.78 is 4.98. The fraction of sp³-hybridized carbons (Fsp3) is 0.167. The molecule has 1 aromatic carbocycles. The lowest BCUT2D eigenvalue weighted by molar-refractivity contribution is -0.139. The highest BCUT2D eigenvalue weighted by Crippen LogP contribution is 2.17. The number of rotatable bonds is 6. The molecule has 0 fully saturated rings. The molecule has 0 radical (unpaired) electrons. The molecule has 0 unspecified atom stereocenters. The minimum atomic E-state index is -1.05. The molecule has 1 amide bonds. The molecule has 0 aliphatic carbocycles. The molecule has 5 heteroatoms. The van der Waals surface area contributed by atoms with Gasteiger partial charge in [0.05, 0.1) is 0 Å². The molecule has 0 aliphatic rings. The van der Waals surface area contributed by atoms with Crippen molar-refractivity contribution >= 4 is 17.6 Å². The Hall–Kier alpha value is -2.30. The van der Waals surface area contributed by atoms with Gasteiger partial charge in [-0.25, -0.2) is 4.79 Å². The van der Waals surface area contributed by atoms with Crippen molar-refractivity contribution in [1.82, 2.24) is 0 Å². The summed E-state index contributed by atoms with van der Waals surface area (Å²) in [6, 6.07) is 6.53. The normalized spacial score (nSPS) is 9.41. The van der Waals surface area contributed by atoms with Gasteiger partial charge in [0.1, 0.15) is 5.75 Å². The van der Waals surface area contributed by atoms with Crippen molar-refractivity contribution in [2.75, 3.05) is 11.9 Å². The third-order valence-electron chi connectivity index (χ3n) is 1.81. The summed E-state index contributed by atoms with van der Waals surface area (Å²) in [5, 5.41) is 11.1. The molecular formula is C12H13NO4. The number of aliphatic carboxylic acids is 1. The third-order valence-corrected chi connectivity index (χ3v) is 1.81. The van der Waals surface area contributed by atoms with Crippen LogP contribution in [0.3, 0.4) is 0 Å². The van der Waals surface area contributed by atoms with Gasteiger partial charge in [-0.05, 0) is 12.1 Å². The molecule has 0 atom stereocenters. The molecule has 0 aromatic heterocycles. The van der Waals surface area contributed by atoms with Gasteiger partial charge in [-0.15, -0.1) is 6.58 Å². The maximum atomic E-state index is 11.3. The van der Waals surface area contributed by atoms with Gasteiger partial charge in [-0.2, -0.15) is 0 Å². The minimum absolute atomic E-state index is 0.185. The van der Waals surface area contributed by atoms with Crippen LogP contribution >= 0.6 is 0 Å². The number of ether oxygens (including phenoxy) is 1. The van der Waals surface area contributed by atoms with E-state index in [2.05, 4.69) is 11.9 Å². The van der Waals surface area contributed by atoms with Gasteiger partial charge in [-0.1, -0.05) is 12.1 Å². The summed E-state index contributed by atoms with van der Waals surface area (Å²) in [5.74, 6) is -0.842. The summed E-state index contributed by atoms with van der Waals surface area (Å²) in [4.78, 5) is 21.6. The van der Waals surface area contributed by atoms with E-state index in [0.29, 0.717) is 11.4 Å². The van der Waals surface area contributed by atoms with Crippen molar-refractivity contribution in [1.29, 1.82) is 0 Å². The molecule has 90 valence electrons. The van der Waals surface area contributed by atoms with Crippen LogP contribution in [0.15, 0.2) is 36.9 Å². The molecule has 2 N–H and O–H groups in total. The van der Waals surface area contributed by atoms with Gasteiger partial charge in [-0.3, -0.25) is 4.79 Å². The number of amides is 1. The second-order valence-corrected chi connectivity index (χ2v) is 3.25. The van der Waals surface area contributed by atoms with Crippen LogP contribution in [0.5, 0.6) is 5.75 Å². The van der Waals surface area contributed by atoms with Crippen molar-refractivity contribution in [3.63, 3.8) is 0 Å². The van der Waals surface area contributed by atoms with Crippen LogP contribution in [0, 0.1) is 0 Å². The number of carbonyl (C=O) groups is 2. The van der Waals surface area contributed by atoms with Crippen molar-refractivity contribution in [2.24, 2.45) is 0 Å². The van der Waals surface area contributed by atoms with Crippen LogP contribution in [0.2, 0.25) is 0 Å². The quantitative estimate of drug-likeness (QED) is 0.735. The number of hydrogen-bond donors (Lipinski definition) is 2. The minimum Gasteiger partial charge on any atom is -0.482 e. The van der Waals surface area contributed by atoms with Crippen LogP contribution in [0.25, 0.3) is 0 Å². The van der Waals surface area contributed by atoms with Crippen molar-refractivity contribution in [3.8, 4) is 5.75 Å². The SMILES string of the molecule is C=CCC(=O)Nc1cccc(OCC(=O)O)c1. The van der Waals surface area contributed by atoms with E-state index >= 15 is 0 Å². The Morgan fingerprint density at radius 1 is 1.47 bits per heavy atom. The number of carboxylic acids is 1. The Morgan fingerprint density at radius 3 is 2.88 bits per heavy atom. The smallest absolute Gasteiger partial charge is 0.341 e. The topological polar surface area (TPSA) is 75.6 Å². The molecule has 1 rings (SSSR count). The Labute approximate surface area is 98.7 Å². The van der Waals surface area contributed by atoms with Crippen molar-refractivity contribution < 1.29 is 19.4 Å². The lowest BCUT2D eigenvalue weighted by atomic mass is 10.3. The first-order valence-corrected chi connectivity index (χ1v) is 4.97. The van der Waals surface area contributed by atoms with Crippen LogP contribution < -0.4 is 10.1 Å². The highest BCUT2D eigenvalue weighted by molar-refractivity contribution is 5.91. The van der Waals surface area contributed by atoms with E-state index in [4.69, 9.17) is 9.84 Å². The second-order valence-electron chi connectivity index (χ2n) is 3.25. The average molecular weight is 235 g/mol. The van der Waals surface area contributed by atoms with Gasteiger partial charge in [0, 0.05) is 18.2 Å². The van der Waals surface area contributed by atoms with E-state index in [1.165, 1.54) is 6.08 Å². The maximum Gasteiger partial charge on any atom is 0.341 e. The molecular weight excluding hydrogens is 222 g/mol. The molecule has 0 saturated carbocycles. The zero-order chi connectivity index (χ0) is 12.7. The highest BCUT2D eigenvalue weighted by atomic mass is 16.5. The Kier molecular flexibility index (Phi) is 4.75. The molecule has 5 nitrogen and oxygen atoms in total. The standard InChI is InChI=1S/C12H13NO4/c1-2-4-11(14)13-9-5-3-6-10(7-9)17-8-12(15)16/h2-3,5-7H,1,4,8H2,(H,13,14)(H,15,16). The average Bonchev–Trinajstić information content (AvgIpc) is 2.27. The number of anilines is 1. The summed E-state index contributed by atoms with van der Waals surface area (Å²) in [6.07, 6.45) is 1.72. The van der Waals surface area contributed by atoms with E-state index in [1.807, 2.05) is 0 Å². The Balaban J connectivity index is 2.62. The van der Waals surface area contributed by atoms with Crippen LogP contribution in [-0.2, 0) is 9.59 Å². The van der Waals surface area contributed by atoms with Gasteiger partial charge >= 0.3 is 5.97 Å². The van der Waals surface area contributed by atoms with Crippen LogP contribution in [0.4, 0.5) is 5.69 Å². The van der Waals surface area contributed by atoms with Gasteiger partial charge in [0.25, 0.3) is 0 Å². The highest BCUT2D eigenvalue weighted by Gasteiger charge is 2.02. The summed E-state index contributed by atoms with van der Waals surface area (Å²) >= 11 is 0. The van der Waals surface area contributed by atoms with E-state index in [1.54, 1.807) is 24.3 Å². The molecule has 0 aliphatic heterocycles. The molecule has 0 spiro atoms.